The highest BCUT2D eigenvalue weighted by Crippen LogP contribution is 2.13. The van der Waals surface area contributed by atoms with E-state index in [1.807, 2.05) is 7.05 Å². The van der Waals surface area contributed by atoms with Crippen LogP contribution in [0.3, 0.4) is 0 Å². The Morgan fingerprint density at radius 1 is 1.31 bits per heavy atom. The molecule has 0 aromatic carbocycles. The standard InChI is InChI=1S/C9H16NO2.ClH/c1-8(11)10(2)6-3-4-9(12)5-7-10;/h3-7H2,1-2H3;1H/q+1;/p-1. The predicted octanol–water partition coefficient (Wildman–Crippen LogP) is -2.26. The van der Waals surface area contributed by atoms with Crippen LogP contribution >= 0.6 is 0 Å². The predicted molar refractivity (Wildman–Crippen MR) is 45.5 cm³/mol. The lowest BCUT2D eigenvalue weighted by Gasteiger charge is -2.28. The van der Waals surface area contributed by atoms with Crippen molar-refractivity contribution in [3.63, 3.8) is 0 Å². The summed E-state index contributed by atoms with van der Waals surface area (Å²) in [5, 5.41) is 0. The lowest BCUT2D eigenvalue weighted by atomic mass is 10.2. The van der Waals surface area contributed by atoms with Gasteiger partial charge in [0.25, 0.3) is 0 Å². The van der Waals surface area contributed by atoms with Gasteiger partial charge in [0.15, 0.2) is 0 Å². The molecule has 1 unspecified atom stereocenters. The van der Waals surface area contributed by atoms with Crippen LogP contribution in [0.15, 0.2) is 0 Å². The van der Waals surface area contributed by atoms with E-state index in [2.05, 4.69) is 0 Å². The Hall–Kier alpha value is -0.410. The minimum absolute atomic E-state index is 0. The fraction of sp³-hybridized carbons (Fsp3) is 0.778. The fourth-order valence-electron chi connectivity index (χ4n) is 1.55. The van der Waals surface area contributed by atoms with Gasteiger partial charge in [-0.05, 0) is 0 Å². The average molecular weight is 206 g/mol. The quantitative estimate of drug-likeness (QED) is 0.419. The van der Waals surface area contributed by atoms with Crippen molar-refractivity contribution < 1.29 is 26.5 Å². The second-order valence-corrected chi connectivity index (χ2v) is 3.75. The summed E-state index contributed by atoms with van der Waals surface area (Å²) >= 11 is 0. The van der Waals surface area contributed by atoms with E-state index in [0.29, 0.717) is 29.7 Å². The number of Topliss-reactive ketones (excluding diaryl/α,β-unsaturated/α-hetero) is 1. The van der Waals surface area contributed by atoms with Crippen LogP contribution < -0.4 is 12.4 Å². The van der Waals surface area contributed by atoms with E-state index in [4.69, 9.17) is 0 Å². The third-order valence-corrected chi connectivity index (χ3v) is 2.75. The molecule has 0 N–H and O–H groups in total. The first kappa shape index (κ1) is 12.6. The van der Waals surface area contributed by atoms with Gasteiger partial charge >= 0.3 is 5.91 Å². The third kappa shape index (κ3) is 3.08. The van der Waals surface area contributed by atoms with Gasteiger partial charge in [0.2, 0.25) is 0 Å². The van der Waals surface area contributed by atoms with Gasteiger partial charge in [-0.15, -0.1) is 0 Å². The first-order chi connectivity index (χ1) is 5.54. The summed E-state index contributed by atoms with van der Waals surface area (Å²) in [6.45, 7) is 3.12. The molecule has 1 amide bonds. The lowest BCUT2D eigenvalue weighted by molar-refractivity contribution is -0.832. The van der Waals surface area contributed by atoms with Gasteiger partial charge in [-0.25, -0.2) is 4.79 Å². The van der Waals surface area contributed by atoms with E-state index < -0.39 is 0 Å². The zero-order chi connectivity index (χ0) is 9.19. The molecule has 1 atom stereocenters. The van der Waals surface area contributed by atoms with Crippen LogP contribution in [-0.4, -0.2) is 36.3 Å². The first-order valence-electron chi connectivity index (χ1n) is 4.42. The summed E-state index contributed by atoms with van der Waals surface area (Å²) in [6, 6.07) is 0. The number of nitrogens with zero attached hydrogens (tertiary/aromatic N) is 1. The summed E-state index contributed by atoms with van der Waals surface area (Å²) in [7, 11) is 1.92. The van der Waals surface area contributed by atoms with Crippen molar-refractivity contribution in [2.75, 3.05) is 20.1 Å². The fourth-order valence-corrected chi connectivity index (χ4v) is 1.55. The Balaban J connectivity index is 0.00000144. The molecule has 0 bridgehead atoms. The molecule has 13 heavy (non-hydrogen) atoms. The zero-order valence-electron chi connectivity index (χ0n) is 8.18. The van der Waals surface area contributed by atoms with Crippen molar-refractivity contribution >= 4 is 11.7 Å². The van der Waals surface area contributed by atoms with E-state index in [1.54, 1.807) is 6.92 Å². The van der Waals surface area contributed by atoms with Crippen LogP contribution in [0.1, 0.15) is 26.2 Å². The topological polar surface area (TPSA) is 34.1 Å². The summed E-state index contributed by atoms with van der Waals surface area (Å²) in [4.78, 5) is 22.3. The highest BCUT2D eigenvalue weighted by Gasteiger charge is 2.30. The molecule has 0 saturated carbocycles. The summed E-state index contributed by atoms with van der Waals surface area (Å²) in [5.41, 5.74) is 0. The summed E-state index contributed by atoms with van der Waals surface area (Å²) in [5.74, 6) is 0.475. The Morgan fingerprint density at radius 2 is 1.92 bits per heavy atom. The molecule has 0 aromatic heterocycles. The molecule has 0 radical (unpaired) electrons. The molecule has 0 aromatic rings. The highest BCUT2D eigenvalue weighted by molar-refractivity contribution is 5.79. The normalized spacial score (nSPS) is 28.9. The third-order valence-electron chi connectivity index (χ3n) is 2.75. The lowest BCUT2D eigenvalue weighted by Crippen LogP contribution is -3.00. The number of hydrogen-bond acceptors (Lipinski definition) is 2. The van der Waals surface area contributed by atoms with Gasteiger partial charge < -0.3 is 12.4 Å². The van der Waals surface area contributed by atoms with Crippen molar-refractivity contribution in [1.82, 2.24) is 0 Å². The number of amides is 1. The van der Waals surface area contributed by atoms with Crippen LogP contribution in [0.5, 0.6) is 0 Å². The minimum atomic E-state index is 0. The number of hydrogen-bond donors (Lipinski definition) is 0. The molecule has 1 aliphatic heterocycles. The van der Waals surface area contributed by atoms with Crippen LogP contribution in [0.4, 0.5) is 0 Å². The molecule has 4 heteroatoms. The Kier molecular flexibility index (Phi) is 4.57. The molecular weight excluding hydrogens is 190 g/mol. The van der Waals surface area contributed by atoms with Gasteiger partial charge in [0.05, 0.1) is 33.5 Å². The molecule has 0 aliphatic carbocycles. The van der Waals surface area contributed by atoms with Crippen molar-refractivity contribution in [1.29, 1.82) is 0 Å². The molecule has 1 saturated heterocycles. The highest BCUT2D eigenvalue weighted by atomic mass is 35.5. The number of ketones is 1. The van der Waals surface area contributed by atoms with Crippen molar-refractivity contribution in [3.05, 3.63) is 0 Å². The zero-order valence-corrected chi connectivity index (χ0v) is 8.93. The first-order valence-corrected chi connectivity index (χ1v) is 4.42. The van der Waals surface area contributed by atoms with Gasteiger partial charge in [-0.1, -0.05) is 0 Å². The van der Waals surface area contributed by atoms with Crippen molar-refractivity contribution in [2.24, 2.45) is 0 Å². The summed E-state index contributed by atoms with van der Waals surface area (Å²) < 4.78 is 0.436. The smallest absolute Gasteiger partial charge is 0.310 e. The summed E-state index contributed by atoms with van der Waals surface area (Å²) in [6.07, 6.45) is 2.08. The molecule has 1 heterocycles. The largest absolute Gasteiger partial charge is 1.00 e. The van der Waals surface area contributed by atoms with Crippen LogP contribution in [0.25, 0.3) is 0 Å². The second-order valence-electron chi connectivity index (χ2n) is 3.75. The van der Waals surface area contributed by atoms with Gasteiger partial charge in [0.1, 0.15) is 5.78 Å². The van der Waals surface area contributed by atoms with Crippen molar-refractivity contribution in [3.8, 4) is 0 Å². The Labute approximate surface area is 85.1 Å². The van der Waals surface area contributed by atoms with E-state index in [1.165, 1.54) is 0 Å². The maximum absolute atomic E-state index is 11.2. The maximum Gasteiger partial charge on any atom is 0.310 e. The minimum Gasteiger partial charge on any atom is -1.00 e. The number of quaternary nitrogens is 1. The van der Waals surface area contributed by atoms with Gasteiger partial charge in [0, 0.05) is 12.8 Å². The number of rotatable bonds is 0. The molecule has 76 valence electrons. The molecule has 0 spiro atoms. The maximum atomic E-state index is 11.2. The van der Waals surface area contributed by atoms with E-state index in [-0.39, 0.29) is 18.3 Å². The molecule has 1 rings (SSSR count). The van der Waals surface area contributed by atoms with Crippen LogP contribution in [0.2, 0.25) is 0 Å². The number of carbonyl (C=O) groups excluding carboxylic acids is 2. The van der Waals surface area contributed by atoms with Crippen molar-refractivity contribution in [2.45, 2.75) is 26.2 Å². The molecule has 1 fully saturated rings. The molecular formula is C9H16ClNO2. The van der Waals surface area contributed by atoms with E-state index >= 15 is 0 Å². The van der Waals surface area contributed by atoms with E-state index in [9.17, 15) is 9.59 Å². The number of carbonyl (C=O) groups is 2. The average Bonchev–Trinajstić information content (AvgIpc) is 2.15. The SMILES string of the molecule is CC(=O)[N+]1(C)CCCC(=O)CC1.[Cl-]. The van der Waals surface area contributed by atoms with Gasteiger partial charge in [-0.2, -0.15) is 0 Å². The Morgan fingerprint density at radius 3 is 2.46 bits per heavy atom. The van der Waals surface area contributed by atoms with Crippen LogP contribution in [-0.2, 0) is 9.59 Å². The van der Waals surface area contributed by atoms with Gasteiger partial charge in [-0.3, -0.25) is 9.28 Å². The molecule has 3 nitrogen and oxygen atoms in total. The second kappa shape index (κ2) is 4.72. The number of likely N-dealkylation sites (tertiary alicyclic amines) is 1. The molecule has 1 aliphatic rings. The van der Waals surface area contributed by atoms with E-state index in [0.717, 1.165) is 13.0 Å². The Bertz CT molecular complexity index is 218. The monoisotopic (exact) mass is 205 g/mol. The van der Waals surface area contributed by atoms with Crippen LogP contribution in [0, 0.1) is 0 Å². The number of halogens is 1.